The Morgan fingerprint density at radius 3 is 2.83 bits per heavy atom. The van der Waals surface area contributed by atoms with Crippen LogP contribution in [-0.4, -0.2) is 32.2 Å². The third-order valence-corrected chi connectivity index (χ3v) is 3.66. The van der Waals surface area contributed by atoms with E-state index in [-0.39, 0.29) is 10.7 Å². The van der Waals surface area contributed by atoms with Gasteiger partial charge in [0.2, 0.25) is 0 Å². The number of carboxylic acids is 1. The predicted molar refractivity (Wildman–Crippen MR) is 97.7 cm³/mol. The molecule has 8 heteroatoms. The molecule has 1 heterocycles. The quantitative estimate of drug-likeness (QED) is 0.438. The van der Waals surface area contributed by atoms with Crippen LogP contribution in [0.15, 0.2) is 29.4 Å². The summed E-state index contributed by atoms with van der Waals surface area (Å²) in [6.45, 7) is 6.74. The molecule has 0 fully saturated rings. The molecular formula is C16H19N5O2S. The van der Waals surface area contributed by atoms with Gasteiger partial charge in [0.05, 0.1) is 17.5 Å². The van der Waals surface area contributed by atoms with Gasteiger partial charge in [0.1, 0.15) is 0 Å². The van der Waals surface area contributed by atoms with Crippen molar-refractivity contribution >= 4 is 35.2 Å². The average molecular weight is 345 g/mol. The monoisotopic (exact) mass is 345 g/mol. The SMILES string of the molecule is CCn1nc(C)c(/C=N/NC(=S)Nc2cccc(C(=O)O)c2)c1C. The van der Waals surface area contributed by atoms with Crippen molar-refractivity contribution in [2.24, 2.45) is 5.10 Å². The fraction of sp³-hybridized carbons (Fsp3) is 0.250. The number of rotatable bonds is 5. The van der Waals surface area contributed by atoms with Crippen LogP contribution in [0.4, 0.5) is 5.69 Å². The highest BCUT2D eigenvalue weighted by Gasteiger charge is 2.08. The van der Waals surface area contributed by atoms with E-state index in [1.54, 1.807) is 18.3 Å². The number of carbonyl (C=O) groups is 1. The molecule has 0 bridgehead atoms. The molecule has 0 spiro atoms. The predicted octanol–water partition coefficient (Wildman–Crippen LogP) is 2.54. The van der Waals surface area contributed by atoms with Crippen LogP contribution in [0.3, 0.4) is 0 Å². The molecule has 0 aliphatic carbocycles. The normalized spacial score (nSPS) is 10.8. The lowest BCUT2D eigenvalue weighted by Crippen LogP contribution is -2.24. The molecule has 7 nitrogen and oxygen atoms in total. The van der Waals surface area contributed by atoms with Gasteiger partial charge in [-0.05, 0) is 51.2 Å². The van der Waals surface area contributed by atoms with E-state index in [0.717, 1.165) is 23.5 Å². The number of nitrogens with one attached hydrogen (secondary N) is 2. The molecule has 0 radical (unpaired) electrons. The van der Waals surface area contributed by atoms with E-state index in [4.69, 9.17) is 17.3 Å². The number of aryl methyl sites for hydroxylation is 2. The lowest BCUT2D eigenvalue weighted by molar-refractivity contribution is 0.0697. The lowest BCUT2D eigenvalue weighted by atomic mass is 10.2. The summed E-state index contributed by atoms with van der Waals surface area (Å²) in [5.74, 6) is -0.991. The van der Waals surface area contributed by atoms with Gasteiger partial charge in [-0.15, -0.1) is 0 Å². The first kappa shape index (κ1) is 17.6. The summed E-state index contributed by atoms with van der Waals surface area (Å²) in [6.07, 6.45) is 1.67. The number of carboxylic acid groups (broad SMARTS) is 1. The Balaban J connectivity index is 2.00. The summed E-state index contributed by atoms with van der Waals surface area (Å²) in [4.78, 5) is 11.0. The van der Waals surface area contributed by atoms with Crippen molar-refractivity contribution < 1.29 is 9.90 Å². The minimum absolute atomic E-state index is 0.185. The molecule has 2 rings (SSSR count). The zero-order valence-electron chi connectivity index (χ0n) is 13.7. The Bertz CT molecular complexity index is 798. The van der Waals surface area contributed by atoms with E-state index in [2.05, 4.69) is 20.9 Å². The zero-order chi connectivity index (χ0) is 17.7. The van der Waals surface area contributed by atoms with Gasteiger partial charge in [0.15, 0.2) is 5.11 Å². The highest BCUT2D eigenvalue weighted by atomic mass is 32.1. The number of thiocarbonyl (C=S) groups is 1. The molecule has 0 atom stereocenters. The summed E-state index contributed by atoms with van der Waals surface area (Å²) >= 11 is 5.15. The van der Waals surface area contributed by atoms with Crippen LogP contribution in [-0.2, 0) is 6.54 Å². The number of benzene rings is 1. The van der Waals surface area contributed by atoms with E-state index < -0.39 is 5.97 Å². The van der Waals surface area contributed by atoms with Crippen LogP contribution in [0, 0.1) is 13.8 Å². The smallest absolute Gasteiger partial charge is 0.335 e. The van der Waals surface area contributed by atoms with Gasteiger partial charge in [-0.1, -0.05) is 6.07 Å². The average Bonchev–Trinajstić information content (AvgIpc) is 2.82. The number of aromatic nitrogens is 2. The lowest BCUT2D eigenvalue weighted by Gasteiger charge is -2.07. The largest absolute Gasteiger partial charge is 0.478 e. The molecule has 0 saturated carbocycles. The van der Waals surface area contributed by atoms with Gasteiger partial charge in [-0.2, -0.15) is 10.2 Å². The number of nitrogens with zero attached hydrogens (tertiary/aromatic N) is 3. The summed E-state index contributed by atoms with van der Waals surface area (Å²) in [5.41, 5.74) is 6.35. The summed E-state index contributed by atoms with van der Waals surface area (Å²) in [5, 5.41) is 20.7. The molecule has 0 saturated heterocycles. The summed E-state index contributed by atoms with van der Waals surface area (Å²) < 4.78 is 1.91. The number of anilines is 1. The second kappa shape index (κ2) is 7.69. The molecule has 0 unspecified atom stereocenters. The molecule has 1 aromatic heterocycles. The van der Waals surface area contributed by atoms with E-state index in [1.807, 2.05) is 25.5 Å². The maximum atomic E-state index is 11.0. The zero-order valence-corrected chi connectivity index (χ0v) is 14.5. The van der Waals surface area contributed by atoms with E-state index >= 15 is 0 Å². The number of hydrogen-bond donors (Lipinski definition) is 3. The molecule has 2 aromatic rings. The maximum absolute atomic E-state index is 11.0. The molecule has 24 heavy (non-hydrogen) atoms. The molecule has 126 valence electrons. The van der Waals surface area contributed by atoms with Crippen molar-refractivity contribution in [1.82, 2.24) is 15.2 Å². The minimum Gasteiger partial charge on any atom is -0.478 e. The van der Waals surface area contributed by atoms with Crippen LogP contribution in [0.1, 0.15) is 34.2 Å². The molecule has 0 aliphatic heterocycles. The van der Waals surface area contributed by atoms with Crippen molar-refractivity contribution in [3.8, 4) is 0 Å². The first-order valence-corrected chi connectivity index (χ1v) is 7.80. The Kier molecular flexibility index (Phi) is 5.64. The highest BCUT2D eigenvalue weighted by Crippen LogP contribution is 2.11. The van der Waals surface area contributed by atoms with Gasteiger partial charge < -0.3 is 10.4 Å². The van der Waals surface area contributed by atoms with Gasteiger partial charge >= 0.3 is 5.97 Å². The first-order chi connectivity index (χ1) is 11.4. The molecule has 3 N–H and O–H groups in total. The van der Waals surface area contributed by atoms with E-state index in [1.165, 1.54) is 12.1 Å². The molecule has 0 aliphatic rings. The highest BCUT2D eigenvalue weighted by molar-refractivity contribution is 7.80. The fourth-order valence-electron chi connectivity index (χ4n) is 2.25. The van der Waals surface area contributed by atoms with Crippen molar-refractivity contribution in [2.45, 2.75) is 27.3 Å². The molecule has 0 amide bonds. The van der Waals surface area contributed by atoms with Gasteiger partial charge in [-0.3, -0.25) is 10.1 Å². The van der Waals surface area contributed by atoms with Crippen molar-refractivity contribution in [3.63, 3.8) is 0 Å². The van der Waals surface area contributed by atoms with Gasteiger partial charge in [0, 0.05) is 23.5 Å². The van der Waals surface area contributed by atoms with Crippen molar-refractivity contribution in [2.75, 3.05) is 5.32 Å². The van der Waals surface area contributed by atoms with E-state index in [9.17, 15) is 4.79 Å². The Morgan fingerprint density at radius 2 is 2.21 bits per heavy atom. The standard InChI is InChI=1S/C16H19N5O2S/c1-4-21-11(3)14(10(2)20-21)9-17-19-16(24)18-13-7-5-6-12(8-13)15(22)23/h5-9H,4H2,1-3H3,(H,22,23)(H2,18,19,24)/b17-9+. The number of aromatic carboxylic acids is 1. The van der Waals surface area contributed by atoms with Crippen molar-refractivity contribution in [3.05, 3.63) is 46.8 Å². The number of hydrogen-bond acceptors (Lipinski definition) is 4. The fourth-order valence-corrected chi connectivity index (χ4v) is 2.42. The van der Waals surface area contributed by atoms with Crippen LogP contribution in [0.2, 0.25) is 0 Å². The third-order valence-electron chi connectivity index (χ3n) is 3.46. The van der Waals surface area contributed by atoms with Crippen LogP contribution >= 0.6 is 12.2 Å². The second-order valence-corrected chi connectivity index (χ2v) is 5.52. The topological polar surface area (TPSA) is 91.5 Å². The summed E-state index contributed by atoms with van der Waals surface area (Å²) in [6, 6.07) is 6.38. The second-order valence-electron chi connectivity index (χ2n) is 5.11. The van der Waals surface area contributed by atoms with Crippen molar-refractivity contribution in [1.29, 1.82) is 0 Å². The molecular weight excluding hydrogens is 326 g/mol. The summed E-state index contributed by atoms with van der Waals surface area (Å²) in [7, 11) is 0. The molecule has 1 aromatic carbocycles. The Morgan fingerprint density at radius 1 is 1.46 bits per heavy atom. The first-order valence-electron chi connectivity index (χ1n) is 7.39. The van der Waals surface area contributed by atoms with Crippen LogP contribution in [0.25, 0.3) is 0 Å². The Labute approximate surface area is 145 Å². The van der Waals surface area contributed by atoms with Gasteiger partial charge in [0.25, 0.3) is 0 Å². The van der Waals surface area contributed by atoms with Crippen LogP contribution < -0.4 is 10.7 Å². The minimum atomic E-state index is -0.991. The van der Waals surface area contributed by atoms with Crippen LogP contribution in [0.5, 0.6) is 0 Å². The number of hydrazone groups is 1. The maximum Gasteiger partial charge on any atom is 0.335 e. The third kappa shape index (κ3) is 4.17. The van der Waals surface area contributed by atoms with Gasteiger partial charge in [-0.25, -0.2) is 4.79 Å². The van der Waals surface area contributed by atoms with E-state index in [0.29, 0.717) is 5.69 Å². The Hall–Kier alpha value is -2.74.